The van der Waals surface area contributed by atoms with E-state index in [0.29, 0.717) is 12.6 Å². The van der Waals surface area contributed by atoms with Gasteiger partial charge in [0.2, 0.25) is 0 Å². The first-order valence-corrected chi connectivity index (χ1v) is 9.51. The first-order valence-electron chi connectivity index (χ1n) is 7.56. The van der Waals surface area contributed by atoms with Crippen LogP contribution in [0.4, 0.5) is 4.39 Å². The molecule has 0 amide bonds. The molecule has 2 saturated heterocycles. The maximum Gasteiger partial charge on any atom is 0.123 e. The van der Waals surface area contributed by atoms with Gasteiger partial charge in [0.05, 0.1) is 5.60 Å². The molecule has 0 aromatic heterocycles. The van der Waals surface area contributed by atoms with Crippen LogP contribution in [0, 0.1) is 5.82 Å². The molecule has 2 nitrogen and oxygen atoms in total. The van der Waals surface area contributed by atoms with Crippen molar-refractivity contribution in [2.45, 2.75) is 43.9 Å². The Hall–Kier alpha value is -0.100. The van der Waals surface area contributed by atoms with E-state index in [9.17, 15) is 4.39 Å². The van der Waals surface area contributed by atoms with E-state index in [1.165, 1.54) is 30.4 Å². The third kappa shape index (κ3) is 4.01. The Kier molecular flexibility index (Phi) is 5.25. The van der Waals surface area contributed by atoms with Crippen LogP contribution in [0.3, 0.4) is 0 Å². The van der Waals surface area contributed by atoms with Crippen LogP contribution in [-0.4, -0.2) is 29.8 Å². The topological polar surface area (TPSA) is 21.3 Å². The van der Waals surface area contributed by atoms with E-state index in [4.69, 9.17) is 4.74 Å². The summed E-state index contributed by atoms with van der Waals surface area (Å²) < 4.78 is 20.4. The smallest absolute Gasteiger partial charge is 0.123 e. The molecule has 1 aromatic rings. The van der Waals surface area contributed by atoms with E-state index in [1.807, 2.05) is 11.8 Å². The van der Waals surface area contributed by atoms with Crippen LogP contribution in [-0.2, 0) is 11.3 Å². The molecule has 0 radical (unpaired) electrons. The second-order valence-corrected chi connectivity index (χ2v) is 8.03. The Labute approximate surface area is 138 Å². The lowest BCUT2D eigenvalue weighted by Gasteiger charge is -2.43. The van der Waals surface area contributed by atoms with E-state index in [2.05, 4.69) is 21.2 Å². The zero-order valence-electron chi connectivity index (χ0n) is 12.0. The molecule has 1 N–H and O–H groups in total. The number of hydrogen-bond acceptors (Lipinski definition) is 3. The fourth-order valence-electron chi connectivity index (χ4n) is 3.23. The lowest BCUT2D eigenvalue weighted by Crippen LogP contribution is -2.48. The third-order valence-corrected chi connectivity index (χ3v) is 6.25. The van der Waals surface area contributed by atoms with Gasteiger partial charge in [-0.15, -0.1) is 0 Å². The maximum atomic E-state index is 13.3. The molecule has 0 bridgehead atoms. The number of benzene rings is 1. The van der Waals surface area contributed by atoms with Crippen molar-refractivity contribution in [2.75, 3.05) is 18.1 Å². The molecule has 2 heterocycles. The molecule has 0 aliphatic carbocycles. The first-order chi connectivity index (χ1) is 10.2. The highest BCUT2D eigenvalue weighted by Crippen LogP contribution is 2.37. The summed E-state index contributed by atoms with van der Waals surface area (Å²) in [6.07, 6.45) is 4.46. The summed E-state index contributed by atoms with van der Waals surface area (Å²) in [7, 11) is 0. The summed E-state index contributed by atoms with van der Waals surface area (Å²) in [4.78, 5) is 0. The molecule has 2 fully saturated rings. The second kappa shape index (κ2) is 6.99. The molecule has 2 aliphatic heterocycles. The lowest BCUT2D eigenvalue weighted by molar-refractivity contribution is -0.0933. The van der Waals surface area contributed by atoms with Crippen molar-refractivity contribution < 1.29 is 9.13 Å². The highest BCUT2D eigenvalue weighted by molar-refractivity contribution is 9.10. The Balaban J connectivity index is 1.58. The minimum absolute atomic E-state index is 0.0976. The van der Waals surface area contributed by atoms with Crippen molar-refractivity contribution in [2.24, 2.45) is 0 Å². The summed E-state index contributed by atoms with van der Waals surface area (Å²) in [5.41, 5.74) is 1.08. The van der Waals surface area contributed by atoms with Crippen LogP contribution >= 0.6 is 27.7 Å². The van der Waals surface area contributed by atoms with Crippen molar-refractivity contribution in [3.05, 3.63) is 34.1 Å². The minimum atomic E-state index is -0.178. The number of hydrogen-bond donors (Lipinski definition) is 1. The summed E-state index contributed by atoms with van der Waals surface area (Å²) in [5, 5.41) is 3.59. The van der Waals surface area contributed by atoms with Crippen LogP contribution in [0.1, 0.15) is 31.2 Å². The Morgan fingerprint density at radius 2 is 2.19 bits per heavy atom. The van der Waals surface area contributed by atoms with Gasteiger partial charge in [-0.25, -0.2) is 4.39 Å². The van der Waals surface area contributed by atoms with Gasteiger partial charge in [0.25, 0.3) is 0 Å². The van der Waals surface area contributed by atoms with Crippen LogP contribution in [0.25, 0.3) is 0 Å². The van der Waals surface area contributed by atoms with Gasteiger partial charge < -0.3 is 10.1 Å². The molecule has 5 heteroatoms. The summed E-state index contributed by atoms with van der Waals surface area (Å²) in [5.74, 6) is 2.24. The molecule has 1 unspecified atom stereocenters. The number of rotatable bonds is 3. The predicted octanol–water partition coefficient (Wildman–Crippen LogP) is 4.12. The quantitative estimate of drug-likeness (QED) is 0.860. The highest BCUT2D eigenvalue weighted by Gasteiger charge is 2.38. The molecule has 2 aliphatic rings. The molecule has 21 heavy (non-hydrogen) atoms. The van der Waals surface area contributed by atoms with Gasteiger partial charge >= 0.3 is 0 Å². The number of ether oxygens (including phenoxy) is 1. The van der Waals surface area contributed by atoms with Gasteiger partial charge in [-0.05, 0) is 61.0 Å². The fourth-order valence-corrected chi connectivity index (χ4v) is 4.85. The Morgan fingerprint density at radius 3 is 3.00 bits per heavy atom. The molecule has 1 aromatic carbocycles. The van der Waals surface area contributed by atoms with Gasteiger partial charge in [0.15, 0.2) is 0 Å². The van der Waals surface area contributed by atoms with Crippen LogP contribution in [0.2, 0.25) is 0 Å². The molecule has 1 spiro atoms. The molecule has 116 valence electrons. The zero-order chi connectivity index (χ0) is 14.7. The molecule has 3 rings (SSSR count). The van der Waals surface area contributed by atoms with Crippen LogP contribution in [0.15, 0.2) is 22.7 Å². The standard InChI is InChI=1S/C16H21BrFNOS/c17-15-2-1-13(18)9-12(15)11-19-14-3-6-20-16(10-14)4-7-21-8-5-16/h1-2,9,14,19H,3-8,10-11H2. The number of nitrogens with one attached hydrogen (secondary N) is 1. The SMILES string of the molecule is Fc1ccc(Br)c(CNC2CCOC3(CCSCC3)C2)c1. The van der Waals surface area contributed by atoms with Crippen molar-refractivity contribution in [1.29, 1.82) is 0 Å². The number of thioether (sulfide) groups is 1. The van der Waals surface area contributed by atoms with Crippen LogP contribution in [0.5, 0.6) is 0 Å². The lowest BCUT2D eigenvalue weighted by atomic mass is 9.85. The van der Waals surface area contributed by atoms with E-state index in [1.54, 1.807) is 12.1 Å². The minimum Gasteiger partial charge on any atom is -0.375 e. The van der Waals surface area contributed by atoms with Gasteiger partial charge in [0, 0.05) is 23.7 Å². The predicted molar refractivity (Wildman–Crippen MR) is 89.2 cm³/mol. The van der Waals surface area contributed by atoms with Crippen molar-refractivity contribution >= 4 is 27.7 Å². The number of halogens is 2. The first kappa shape index (κ1) is 15.8. The maximum absolute atomic E-state index is 13.3. The molecular formula is C16H21BrFNOS. The largest absolute Gasteiger partial charge is 0.375 e. The van der Waals surface area contributed by atoms with Gasteiger partial charge in [-0.2, -0.15) is 11.8 Å². The molecule has 1 atom stereocenters. The molecule has 0 saturated carbocycles. The zero-order valence-corrected chi connectivity index (χ0v) is 14.4. The van der Waals surface area contributed by atoms with Gasteiger partial charge in [0.1, 0.15) is 5.82 Å². The highest BCUT2D eigenvalue weighted by atomic mass is 79.9. The van der Waals surface area contributed by atoms with Gasteiger partial charge in [-0.3, -0.25) is 0 Å². The van der Waals surface area contributed by atoms with Crippen molar-refractivity contribution in [3.8, 4) is 0 Å². The van der Waals surface area contributed by atoms with Gasteiger partial charge in [-0.1, -0.05) is 15.9 Å². The summed E-state index contributed by atoms with van der Waals surface area (Å²) in [6.45, 7) is 1.54. The monoisotopic (exact) mass is 373 g/mol. The average Bonchev–Trinajstić information content (AvgIpc) is 2.49. The van der Waals surface area contributed by atoms with Crippen molar-refractivity contribution in [1.82, 2.24) is 5.32 Å². The van der Waals surface area contributed by atoms with E-state index in [0.717, 1.165) is 29.5 Å². The van der Waals surface area contributed by atoms with Crippen molar-refractivity contribution in [3.63, 3.8) is 0 Å². The van der Waals surface area contributed by atoms with E-state index in [-0.39, 0.29) is 11.4 Å². The summed E-state index contributed by atoms with van der Waals surface area (Å²) >= 11 is 5.52. The Bertz CT molecular complexity index is 488. The van der Waals surface area contributed by atoms with E-state index >= 15 is 0 Å². The molecular weight excluding hydrogens is 353 g/mol. The average molecular weight is 374 g/mol. The second-order valence-electron chi connectivity index (χ2n) is 5.95. The summed E-state index contributed by atoms with van der Waals surface area (Å²) in [6, 6.07) is 5.33. The Morgan fingerprint density at radius 1 is 1.38 bits per heavy atom. The fraction of sp³-hybridized carbons (Fsp3) is 0.625. The van der Waals surface area contributed by atoms with Crippen LogP contribution < -0.4 is 5.32 Å². The normalized spacial score (nSPS) is 25.1. The van der Waals surface area contributed by atoms with E-state index < -0.39 is 0 Å². The third-order valence-electron chi connectivity index (χ3n) is 4.49.